The molecule has 4 nitrogen and oxygen atoms in total. The highest BCUT2D eigenvalue weighted by molar-refractivity contribution is 6.31. The second-order valence-corrected chi connectivity index (χ2v) is 7.47. The van der Waals surface area contributed by atoms with Gasteiger partial charge in [-0.05, 0) is 69.6 Å². The number of benzene rings is 1. The average molecular weight is 361 g/mol. The standard InChI is InChI=1S/C20H25ClN2O2/c1-14-16(21)8-5-9-17(14)23-19(25)20(11-12-20)18(24)22-13-10-15-6-3-2-4-7-15/h5-6,8-9H,2-4,7,10-13H2,1H3,(H,22,24)(H,23,25). The number of rotatable bonds is 6. The van der Waals surface area contributed by atoms with Crippen LogP contribution in [0.3, 0.4) is 0 Å². The molecule has 0 atom stereocenters. The Balaban J connectivity index is 1.55. The Kier molecular flexibility index (Phi) is 5.48. The quantitative estimate of drug-likeness (QED) is 0.584. The van der Waals surface area contributed by atoms with Crippen molar-refractivity contribution >= 4 is 29.1 Å². The zero-order valence-electron chi connectivity index (χ0n) is 14.7. The lowest BCUT2D eigenvalue weighted by molar-refractivity contribution is -0.134. The maximum atomic E-state index is 12.6. The fourth-order valence-corrected chi connectivity index (χ4v) is 3.48. The number of nitrogens with one attached hydrogen (secondary N) is 2. The monoisotopic (exact) mass is 360 g/mol. The molecule has 25 heavy (non-hydrogen) atoms. The number of halogens is 1. The first kappa shape index (κ1) is 18.0. The Labute approximate surface area is 154 Å². The molecule has 2 N–H and O–H groups in total. The van der Waals surface area contributed by atoms with Crippen LogP contribution in [0.15, 0.2) is 29.8 Å². The molecule has 3 rings (SSSR count). The van der Waals surface area contributed by atoms with Crippen molar-refractivity contribution in [1.82, 2.24) is 5.32 Å². The van der Waals surface area contributed by atoms with Gasteiger partial charge < -0.3 is 10.6 Å². The van der Waals surface area contributed by atoms with E-state index in [1.807, 2.05) is 13.0 Å². The first-order valence-electron chi connectivity index (χ1n) is 9.06. The van der Waals surface area contributed by atoms with Crippen LogP contribution < -0.4 is 10.6 Å². The zero-order valence-corrected chi connectivity index (χ0v) is 15.4. The topological polar surface area (TPSA) is 58.2 Å². The van der Waals surface area contributed by atoms with Gasteiger partial charge in [-0.2, -0.15) is 0 Å². The molecule has 0 saturated heterocycles. The summed E-state index contributed by atoms with van der Waals surface area (Å²) in [5, 5.41) is 6.44. The van der Waals surface area contributed by atoms with Crippen molar-refractivity contribution in [2.24, 2.45) is 5.41 Å². The van der Waals surface area contributed by atoms with Crippen molar-refractivity contribution in [3.05, 3.63) is 40.4 Å². The second kappa shape index (κ2) is 7.61. The Bertz CT molecular complexity index is 708. The Hall–Kier alpha value is -1.81. The van der Waals surface area contributed by atoms with Crippen molar-refractivity contribution in [1.29, 1.82) is 0 Å². The van der Waals surface area contributed by atoms with Crippen molar-refractivity contribution in [3.8, 4) is 0 Å². The Morgan fingerprint density at radius 2 is 2.00 bits per heavy atom. The van der Waals surface area contributed by atoms with Crippen LogP contribution in [0, 0.1) is 12.3 Å². The molecule has 2 aliphatic carbocycles. The molecule has 0 aromatic heterocycles. The summed E-state index contributed by atoms with van der Waals surface area (Å²) in [5.74, 6) is -0.381. The number of anilines is 1. The van der Waals surface area contributed by atoms with E-state index in [4.69, 9.17) is 11.6 Å². The van der Waals surface area contributed by atoms with E-state index in [0.29, 0.717) is 30.1 Å². The highest BCUT2D eigenvalue weighted by Crippen LogP contribution is 2.47. The van der Waals surface area contributed by atoms with E-state index in [2.05, 4.69) is 16.7 Å². The van der Waals surface area contributed by atoms with Crippen LogP contribution in [-0.4, -0.2) is 18.4 Å². The minimum Gasteiger partial charge on any atom is -0.355 e. The van der Waals surface area contributed by atoms with Crippen LogP contribution in [0.2, 0.25) is 5.02 Å². The maximum Gasteiger partial charge on any atom is 0.240 e. The first-order valence-corrected chi connectivity index (χ1v) is 9.43. The van der Waals surface area contributed by atoms with Gasteiger partial charge in [-0.3, -0.25) is 9.59 Å². The SMILES string of the molecule is Cc1c(Cl)cccc1NC(=O)C1(C(=O)NCCC2=CCCCC2)CC1. The lowest BCUT2D eigenvalue weighted by Gasteiger charge is -2.18. The highest BCUT2D eigenvalue weighted by Gasteiger charge is 2.56. The molecule has 1 saturated carbocycles. The summed E-state index contributed by atoms with van der Waals surface area (Å²) in [6.45, 7) is 2.46. The van der Waals surface area contributed by atoms with Crippen molar-refractivity contribution in [3.63, 3.8) is 0 Å². The van der Waals surface area contributed by atoms with Gasteiger partial charge in [0.05, 0.1) is 0 Å². The van der Waals surface area contributed by atoms with Crippen LogP contribution in [0.4, 0.5) is 5.69 Å². The minimum atomic E-state index is -0.907. The number of hydrogen-bond donors (Lipinski definition) is 2. The number of allylic oxidation sites excluding steroid dienone is 1. The molecule has 0 spiro atoms. The Morgan fingerprint density at radius 1 is 1.20 bits per heavy atom. The summed E-state index contributed by atoms with van der Waals surface area (Å²) in [5.41, 5.74) is 2.01. The van der Waals surface area contributed by atoms with Crippen molar-refractivity contribution < 1.29 is 9.59 Å². The molecular weight excluding hydrogens is 336 g/mol. The predicted octanol–water partition coefficient (Wildman–Crippen LogP) is 4.37. The van der Waals surface area contributed by atoms with Gasteiger partial charge in [-0.1, -0.05) is 29.3 Å². The fraction of sp³-hybridized carbons (Fsp3) is 0.500. The second-order valence-electron chi connectivity index (χ2n) is 7.06. The lowest BCUT2D eigenvalue weighted by atomic mass is 9.97. The van der Waals surface area contributed by atoms with Crippen molar-refractivity contribution in [2.75, 3.05) is 11.9 Å². The van der Waals surface area contributed by atoms with Gasteiger partial charge in [0.2, 0.25) is 11.8 Å². The highest BCUT2D eigenvalue weighted by atomic mass is 35.5. The molecule has 1 aromatic carbocycles. The number of carbonyl (C=O) groups is 2. The number of carbonyl (C=O) groups excluding carboxylic acids is 2. The molecule has 2 aliphatic rings. The van der Waals surface area contributed by atoms with Crippen LogP contribution in [-0.2, 0) is 9.59 Å². The summed E-state index contributed by atoms with van der Waals surface area (Å²) in [6.07, 6.45) is 9.17. The van der Waals surface area contributed by atoms with Gasteiger partial charge in [-0.15, -0.1) is 0 Å². The summed E-state index contributed by atoms with van der Waals surface area (Å²) >= 11 is 6.10. The molecule has 0 radical (unpaired) electrons. The lowest BCUT2D eigenvalue weighted by Crippen LogP contribution is -2.40. The minimum absolute atomic E-state index is 0.152. The Morgan fingerprint density at radius 3 is 2.68 bits per heavy atom. The van der Waals surface area contributed by atoms with E-state index in [0.717, 1.165) is 24.8 Å². The van der Waals surface area contributed by atoms with E-state index in [9.17, 15) is 9.59 Å². The third-order valence-corrected chi connectivity index (χ3v) is 5.66. The molecule has 5 heteroatoms. The van der Waals surface area contributed by atoms with E-state index < -0.39 is 5.41 Å². The summed E-state index contributed by atoms with van der Waals surface area (Å²) in [6, 6.07) is 5.39. The van der Waals surface area contributed by atoms with Crippen LogP contribution in [0.5, 0.6) is 0 Å². The molecule has 0 heterocycles. The van der Waals surface area contributed by atoms with Gasteiger partial charge in [-0.25, -0.2) is 0 Å². The summed E-state index contributed by atoms with van der Waals surface area (Å²) in [7, 11) is 0. The third-order valence-electron chi connectivity index (χ3n) is 5.25. The van der Waals surface area contributed by atoms with Crippen LogP contribution in [0.1, 0.15) is 50.5 Å². The molecule has 0 aliphatic heterocycles. The summed E-state index contributed by atoms with van der Waals surface area (Å²) in [4.78, 5) is 25.2. The molecular formula is C20H25ClN2O2. The summed E-state index contributed by atoms with van der Waals surface area (Å²) < 4.78 is 0. The van der Waals surface area contributed by atoms with Crippen LogP contribution >= 0.6 is 11.6 Å². The largest absolute Gasteiger partial charge is 0.355 e. The van der Waals surface area contributed by atoms with Crippen molar-refractivity contribution in [2.45, 2.75) is 51.9 Å². The number of amides is 2. The van der Waals surface area contributed by atoms with E-state index in [1.165, 1.54) is 18.4 Å². The predicted molar refractivity (Wildman–Crippen MR) is 101 cm³/mol. The van der Waals surface area contributed by atoms with Crippen LogP contribution in [0.25, 0.3) is 0 Å². The molecule has 0 unspecified atom stereocenters. The first-order chi connectivity index (χ1) is 12.0. The smallest absolute Gasteiger partial charge is 0.240 e. The molecule has 0 bridgehead atoms. The van der Waals surface area contributed by atoms with E-state index in [-0.39, 0.29) is 11.8 Å². The molecule has 134 valence electrons. The van der Waals surface area contributed by atoms with Gasteiger partial charge in [0.25, 0.3) is 0 Å². The molecule has 1 aromatic rings. The fourth-order valence-electron chi connectivity index (χ4n) is 3.30. The maximum absolute atomic E-state index is 12.6. The number of hydrogen-bond acceptors (Lipinski definition) is 2. The average Bonchev–Trinajstić information content (AvgIpc) is 3.42. The normalized spacial score (nSPS) is 18.2. The molecule has 2 amide bonds. The van der Waals surface area contributed by atoms with Gasteiger partial charge in [0.15, 0.2) is 0 Å². The van der Waals surface area contributed by atoms with E-state index >= 15 is 0 Å². The molecule has 1 fully saturated rings. The van der Waals surface area contributed by atoms with E-state index in [1.54, 1.807) is 12.1 Å². The van der Waals surface area contributed by atoms with Gasteiger partial charge in [0.1, 0.15) is 5.41 Å². The van der Waals surface area contributed by atoms with Gasteiger partial charge >= 0.3 is 0 Å². The third kappa shape index (κ3) is 4.06. The van der Waals surface area contributed by atoms with Gasteiger partial charge in [0, 0.05) is 17.3 Å². The zero-order chi connectivity index (χ0) is 17.9.